The van der Waals surface area contributed by atoms with Gasteiger partial charge in [0, 0.05) is 0 Å². The monoisotopic (exact) mass is 265 g/mol. The SMILES string of the molecule is NCC1C2CCC(CC2)C1c1ccc2ccccc2c1. The third kappa shape index (κ3) is 1.88. The smallest absolute Gasteiger partial charge is 0.00403 e. The number of benzene rings is 2. The van der Waals surface area contributed by atoms with Gasteiger partial charge in [-0.1, -0.05) is 42.5 Å². The van der Waals surface area contributed by atoms with Crippen molar-refractivity contribution in [2.75, 3.05) is 6.54 Å². The van der Waals surface area contributed by atoms with Gasteiger partial charge < -0.3 is 5.73 Å². The third-order valence-corrected chi connectivity index (χ3v) is 5.82. The molecule has 2 N–H and O–H groups in total. The van der Waals surface area contributed by atoms with E-state index in [0.717, 1.165) is 18.4 Å². The van der Waals surface area contributed by atoms with Gasteiger partial charge in [-0.05, 0) is 72.2 Å². The van der Waals surface area contributed by atoms with Gasteiger partial charge in [0.05, 0.1) is 0 Å². The highest BCUT2D eigenvalue weighted by Gasteiger charge is 2.43. The molecular formula is C19H23N. The van der Waals surface area contributed by atoms with E-state index >= 15 is 0 Å². The summed E-state index contributed by atoms with van der Waals surface area (Å²) in [6.45, 7) is 0.860. The number of nitrogens with two attached hydrogens (primary N) is 1. The average molecular weight is 265 g/mol. The molecule has 0 radical (unpaired) electrons. The molecule has 1 nitrogen and oxygen atoms in total. The van der Waals surface area contributed by atoms with Crippen molar-refractivity contribution in [1.29, 1.82) is 0 Å². The predicted molar refractivity (Wildman–Crippen MR) is 84.7 cm³/mol. The first-order valence-corrected chi connectivity index (χ1v) is 8.05. The maximum atomic E-state index is 6.13. The van der Waals surface area contributed by atoms with Gasteiger partial charge in [0.1, 0.15) is 0 Å². The first-order chi connectivity index (χ1) is 9.86. The minimum Gasteiger partial charge on any atom is -0.330 e. The van der Waals surface area contributed by atoms with E-state index in [1.165, 1.54) is 42.0 Å². The van der Waals surface area contributed by atoms with Crippen molar-refractivity contribution >= 4 is 10.8 Å². The van der Waals surface area contributed by atoms with Gasteiger partial charge in [-0.2, -0.15) is 0 Å². The molecule has 0 aliphatic heterocycles. The van der Waals surface area contributed by atoms with Crippen LogP contribution in [0.4, 0.5) is 0 Å². The molecule has 3 fully saturated rings. The zero-order valence-corrected chi connectivity index (χ0v) is 12.0. The fourth-order valence-corrected chi connectivity index (χ4v) is 4.85. The molecule has 20 heavy (non-hydrogen) atoms. The van der Waals surface area contributed by atoms with Crippen LogP contribution in [0.3, 0.4) is 0 Å². The summed E-state index contributed by atoms with van der Waals surface area (Å²) in [6.07, 6.45) is 5.66. The molecule has 2 unspecified atom stereocenters. The van der Waals surface area contributed by atoms with Gasteiger partial charge in [-0.25, -0.2) is 0 Å². The molecule has 2 aromatic rings. The fraction of sp³-hybridized carbons (Fsp3) is 0.474. The van der Waals surface area contributed by atoms with Crippen molar-refractivity contribution in [3.05, 3.63) is 48.0 Å². The van der Waals surface area contributed by atoms with Crippen LogP contribution in [-0.4, -0.2) is 6.54 Å². The Hall–Kier alpha value is -1.34. The van der Waals surface area contributed by atoms with Crippen molar-refractivity contribution in [1.82, 2.24) is 0 Å². The molecular weight excluding hydrogens is 242 g/mol. The van der Waals surface area contributed by atoms with Crippen LogP contribution in [0.2, 0.25) is 0 Å². The molecule has 3 aliphatic carbocycles. The largest absolute Gasteiger partial charge is 0.330 e. The van der Waals surface area contributed by atoms with E-state index in [4.69, 9.17) is 5.73 Å². The highest BCUT2D eigenvalue weighted by atomic mass is 14.6. The lowest BCUT2D eigenvalue weighted by Gasteiger charge is -2.48. The Morgan fingerprint density at radius 3 is 2.30 bits per heavy atom. The van der Waals surface area contributed by atoms with Crippen molar-refractivity contribution in [2.24, 2.45) is 23.5 Å². The Morgan fingerprint density at radius 1 is 0.850 bits per heavy atom. The van der Waals surface area contributed by atoms with Crippen LogP contribution in [0, 0.1) is 17.8 Å². The van der Waals surface area contributed by atoms with Gasteiger partial charge in [0.15, 0.2) is 0 Å². The summed E-state index contributed by atoms with van der Waals surface area (Å²) in [5.74, 6) is 3.16. The van der Waals surface area contributed by atoms with Crippen LogP contribution >= 0.6 is 0 Å². The molecule has 0 saturated heterocycles. The minimum absolute atomic E-state index is 0.706. The van der Waals surface area contributed by atoms with Crippen LogP contribution < -0.4 is 5.73 Å². The molecule has 0 heterocycles. The second-order valence-corrected chi connectivity index (χ2v) is 6.71. The van der Waals surface area contributed by atoms with Crippen LogP contribution in [0.15, 0.2) is 42.5 Å². The van der Waals surface area contributed by atoms with Gasteiger partial charge in [0.2, 0.25) is 0 Å². The Bertz CT molecular complexity index is 610. The first-order valence-electron chi connectivity index (χ1n) is 8.05. The molecule has 2 atom stereocenters. The summed E-state index contributed by atoms with van der Waals surface area (Å²) in [5, 5.41) is 2.73. The molecule has 2 aromatic carbocycles. The molecule has 0 amide bonds. The lowest BCUT2D eigenvalue weighted by atomic mass is 9.57. The first kappa shape index (κ1) is 12.4. The van der Waals surface area contributed by atoms with E-state index in [2.05, 4.69) is 42.5 Å². The topological polar surface area (TPSA) is 26.0 Å². The Kier molecular flexibility index (Phi) is 3.03. The Balaban J connectivity index is 1.77. The van der Waals surface area contributed by atoms with E-state index in [1.807, 2.05) is 0 Å². The summed E-state index contributed by atoms with van der Waals surface area (Å²) in [5.41, 5.74) is 7.67. The van der Waals surface area contributed by atoms with Crippen LogP contribution in [-0.2, 0) is 0 Å². The summed E-state index contributed by atoms with van der Waals surface area (Å²) >= 11 is 0. The van der Waals surface area contributed by atoms with Crippen LogP contribution in [0.25, 0.3) is 10.8 Å². The average Bonchev–Trinajstić information content (AvgIpc) is 2.54. The fourth-order valence-electron chi connectivity index (χ4n) is 4.85. The van der Waals surface area contributed by atoms with Crippen molar-refractivity contribution in [3.63, 3.8) is 0 Å². The minimum atomic E-state index is 0.706. The number of hydrogen-bond acceptors (Lipinski definition) is 1. The second kappa shape index (κ2) is 4.89. The van der Waals surface area contributed by atoms with E-state index < -0.39 is 0 Å². The molecule has 104 valence electrons. The lowest BCUT2D eigenvalue weighted by Crippen LogP contribution is -2.42. The Morgan fingerprint density at radius 2 is 1.55 bits per heavy atom. The van der Waals surface area contributed by atoms with Gasteiger partial charge in [-0.15, -0.1) is 0 Å². The van der Waals surface area contributed by atoms with Crippen LogP contribution in [0.5, 0.6) is 0 Å². The molecule has 0 spiro atoms. The molecule has 1 heteroatoms. The molecule has 5 rings (SSSR count). The summed E-state index contributed by atoms with van der Waals surface area (Å²) in [7, 11) is 0. The predicted octanol–water partition coefficient (Wildman–Crippen LogP) is 4.32. The molecule has 3 saturated carbocycles. The van der Waals surface area contributed by atoms with Crippen molar-refractivity contribution < 1.29 is 0 Å². The highest BCUT2D eigenvalue weighted by molar-refractivity contribution is 5.83. The maximum absolute atomic E-state index is 6.13. The second-order valence-electron chi connectivity index (χ2n) is 6.71. The van der Waals surface area contributed by atoms with Gasteiger partial charge in [-0.3, -0.25) is 0 Å². The van der Waals surface area contributed by atoms with Crippen LogP contribution in [0.1, 0.15) is 37.2 Å². The van der Waals surface area contributed by atoms with Gasteiger partial charge in [0.25, 0.3) is 0 Å². The third-order valence-electron chi connectivity index (χ3n) is 5.82. The summed E-state index contributed by atoms with van der Waals surface area (Å²) in [6, 6.07) is 15.8. The van der Waals surface area contributed by atoms with Gasteiger partial charge >= 0.3 is 0 Å². The van der Waals surface area contributed by atoms with Crippen molar-refractivity contribution in [3.8, 4) is 0 Å². The van der Waals surface area contributed by atoms with Crippen molar-refractivity contribution in [2.45, 2.75) is 31.6 Å². The Labute approximate surface area is 121 Å². The summed E-state index contributed by atoms with van der Waals surface area (Å²) in [4.78, 5) is 0. The quantitative estimate of drug-likeness (QED) is 0.860. The van der Waals surface area contributed by atoms with E-state index in [-0.39, 0.29) is 0 Å². The van der Waals surface area contributed by atoms with E-state index in [1.54, 1.807) is 0 Å². The zero-order chi connectivity index (χ0) is 13.5. The standard InChI is InChI=1S/C19H23N/c20-12-18-14-6-8-15(9-7-14)19(18)17-10-5-13-3-1-2-4-16(13)11-17/h1-5,10-11,14-15,18-19H,6-9,12,20H2. The maximum Gasteiger partial charge on any atom is -0.00403 e. The van der Waals surface area contributed by atoms with E-state index in [9.17, 15) is 0 Å². The lowest BCUT2D eigenvalue weighted by molar-refractivity contribution is 0.0732. The normalized spacial score (nSPS) is 32.6. The highest BCUT2D eigenvalue weighted by Crippen LogP contribution is 2.53. The molecule has 3 aliphatic rings. The number of rotatable bonds is 2. The molecule has 2 bridgehead atoms. The van der Waals surface area contributed by atoms with E-state index in [0.29, 0.717) is 11.8 Å². The number of hydrogen-bond donors (Lipinski definition) is 1. The summed E-state index contributed by atoms with van der Waals surface area (Å²) < 4.78 is 0. The zero-order valence-electron chi connectivity index (χ0n) is 12.0. The number of fused-ring (bicyclic) bond motifs is 4. The molecule has 0 aromatic heterocycles.